The molecule has 3 amide bonds. The molecule has 5 nitrogen and oxygen atoms in total. The quantitative estimate of drug-likeness (QED) is 0.671. The third-order valence-electron chi connectivity index (χ3n) is 4.84. The van der Waals surface area contributed by atoms with Crippen molar-refractivity contribution in [1.29, 1.82) is 0 Å². The van der Waals surface area contributed by atoms with Gasteiger partial charge < -0.3 is 16.4 Å². The Morgan fingerprint density at radius 3 is 2.68 bits per heavy atom. The number of para-hydroxylation sites is 1. The van der Waals surface area contributed by atoms with Gasteiger partial charge in [-0.1, -0.05) is 39.3 Å². The van der Waals surface area contributed by atoms with E-state index in [4.69, 9.17) is 5.73 Å². The number of benzene rings is 1. The van der Waals surface area contributed by atoms with Crippen LogP contribution in [-0.4, -0.2) is 23.7 Å². The van der Waals surface area contributed by atoms with Crippen molar-refractivity contribution >= 4 is 29.4 Å². The van der Waals surface area contributed by atoms with Crippen molar-refractivity contribution in [2.24, 2.45) is 23.5 Å². The van der Waals surface area contributed by atoms with Crippen LogP contribution >= 0.6 is 11.8 Å². The Hall–Kier alpha value is -1.69. The maximum absolute atomic E-state index is 12.5. The highest BCUT2D eigenvalue weighted by molar-refractivity contribution is 8.00. The van der Waals surface area contributed by atoms with Gasteiger partial charge in [-0.2, -0.15) is 0 Å². The average molecular weight is 364 g/mol. The maximum atomic E-state index is 12.5. The van der Waals surface area contributed by atoms with E-state index in [0.29, 0.717) is 23.4 Å². The molecule has 3 atom stereocenters. The van der Waals surface area contributed by atoms with Gasteiger partial charge in [0.25, 0.3) is 0 Å². The molecule has 2 rings (SSSR count). The van der Waals surface area contributed by atoms with Crippen molar-refractivity contribution in [3.8, 4) is 0 Å². The van der Waals surface area contributed by atoms with Gasteiger partial charge in [-0.25, -0.2) is 4.79 Å². The Balaban J connectivity index is 2.00. The number of hydrogen-bond acceptors (Lipinski definition) is 3. The largest absolute Gasteiger partial charge is 0.369 e. The second-order valence-electron chi connectivity index (χ2n) is 7.28. The zero-order valence-electron chi connectivity index (χ0n) is 15.2. The van der Waals surface area contributed by atoms with E-state index in [1.807, 2.05) is 24.3 Å². The predicted molar refractivity (Wildman–Crippen MR) is 104 cm³/mol. The molecular weight excluding hydrogens is 334 g/mol. The van der Waals surface area contributed by atoms with Gasteiger partial charge in [-0.05, 0) is 42.7 Å². The highest BCUT2D eigenvalue weighted by Crippen LogP contribution is 2.33. The molecule has 1 saturated carbocycles. The molecule has 0 saturated heterocycles. The Morgan fingerprint density at radius 2 is 2.00 bits per heavy atom. The lowest BCUT2D eigenvalue weighted by atomic mass is 9.74. The predicted octanol–water partition coefficient (Wildman–Crippen LogP) is 3.85. The van der Waals surface area contributed by atoms with Crippen molar-refractivity contribution in [1.82, 2.24) is 5.32 Å². The molecule has 0 heterocycles. The van der Waals surface area contributed by atoms with Crippen LogP contribution in [0.5, 0.6) is 0 Å². The zero-order chi connectivity index (χ0) is 18.4. The lowest BCUT2D eigenvalue weighted by molar-refractivity contribution is -0.115. The summed E-state index contributed by atoms with van der Waals surface area (Å²) in [7, 11) is 0. The molecule has 4 N–H and O–H groups in total. The van der Waals surface area contributed by atoms with Crippen molar-refractivity contribution in [2.45, 2.75) is 51.0 Å². The van der Waals surface area contributed by atoms with E-state index in [1.165, 1.54) is 18.2 Å². The summed E-state index contributed by atoms with van der Waals surface area (Å²) in [6.45, 7) is 6.70. The van der Waals surface area contributed by atoms with Gasteiger partial charge in [0.05, 0.1) is 11.4 Å². The number of rotatable bonds is 6. The first-order valence-electron chi connectivity index (χ1n) is 8.94. The Labute approximate surface area is 154 Å². The molecule has 25 heavy (non-hydrogen) atoms. The molecule has 6 heteroatoms. The highest BCUT2D eigenvalue weighted by Gasteiger charge is 2.31. The van der Waals surface area contributed by atoms with E-state index in [2.05, 4.69) is 31.4 Å². The number of thioether (sulfide) groups is 1. The third kappa shape index (κ3) is 5.96. The summed E-state index contributed by atoms with van der Waals surface area (Å²) in [6.07, 6.45) is 3.42. The topological polar surface area (TPSA) is 84.2 Å². The van der Waals surface area contributed by atoms with Crippen LogP contribution in [0.15, 0.2) is 29.2 Å². The zero-order valence-corrected chi connectivity index (χ0v) is 16.1. The van der Waals surface area contributed by atoms with Crippen LogP contribution in [0.2, 0.25) is 0 Å². The van der Waals surface area contributed by atoms with Crippen LogP contribution in [0.1, 0.15) is 40.0 Å². The number of anilines is 1. The van der Waals surface area contributed by atoms with E-state index >= 15 is 0 Å². The number of nitrogens with one attached hydrogen (secondary N) is 2. The molecule has 1 aromatic rings. The van der Waals surface area contributed by atoms with Gasteiger partial charge in [-0.15, -0.1) is 11.8 Å². The normalized spacial score (nSPS) is 23.3. The number of amides is 3. The fourth-order valence-corrected chi connectivity index (χ4v) is 4.29. The van der Waals surface area contributed by atoms with Crippen molar-refractivity contribution in [2.75, 3.05) is 11.1 Å². The van der Waals surface area contributed by atoms with E-state index < -0.39 is 0 Å². The van der Waals surface area contributed by atoms with E-state index in [-0.39, 0.29) is 23.7 Å². The number of carbonyl (C=O) groups is 2. The summed E-state index contributed by atoms with van der Waals surface area (Å²) in [4.78, 5) is 24.4. The number of nitrogens with two attached hydrogens (primary N) is 1. The molecule has 138 valence electrons. The fraction of sp³-hybridized carbons (Fsp3) is 0.579. The minimum atomic E-state index is -0.375. The number of primary amides is 1. The lowest BCUT2D eigenvalue weighted by Crippen LogP contribution is -2.47. The molecule has 0 aromatic heterocycles. The molecule has 1 aliphatic carbocycles. The van der Waals surface area contributed by atoms with Gasteiger partial charge in [0.15, 0.2) is 0 Å². The summed E-state index contributed by atoms with van der Waals surface area (Å²) >= 11 is 1.33. The summed E-state index contributed by atoms with van der Waals surface area (Å²) in [5.74, 6) is 1.52. The Kier molecular flexibility index (Phi) is 7.17. The van der Waals surface area contributed by atoms with Crippen LogP contribution in [0, 0.1) is 17.8 Å². The second kappa shape index (κ2) is 9.13. The van der Waals surface area contributed by atoms with E-state index in [9.17, 15) is 9.59 Å². The van der Waals surface area contributed by atoms with Gasteiger partial charge >= 0.3 is 6.03 Å². The molecular formula is C19H29N3O2S. The molecule has 0 unspecified atom stereocenters. The van der Waals surface area contributed by atoms with Crippen LogP contribution in [0.25, 0.3) is 0 Å². The lowest BCUT2D eigenvalue weighted by Gasteiger charge is -2.37. The Bertz CT molecular complexity index is 606. The number of hydrogen-bond donors (Lipinski definition) is 3. The van der Waals surface area contributed by atoms with Crippen LogP contribution in [0.4, 0.5) is 10.5 Å². The Morgan fingerprint density at radius 1 is 1.28 bits per heavy atom. The first kappa shape index (κ1) is 19.6. The molecule has 0 radical (unpaired) electrons. The van der Waals surface area contributed by atoms with Gasteiger partial charge in [0, 0.05) is 10.9 Å². The smallest absolute Gasteiger partial charge is 0.319 e. The standard InChI is InChI=1S/C19H29N3O2S/c1-12(2)14-9-8-13(3)10-16(14)22-19(24)21-15-6-4-5-7-17(15)25-11-18(20)23/h4-7,12-14,16H,8-11H2,1-3H3,(H2,20,23)(H2,21,22,24)/t13-,14+,16+/m1/s1. The van der Waals surface area contributed by atoms with Crippen LogP contribution in [-0.2, 0) is 4.79 Å². The summed E-state index contributed by atoms with van der Waals surface area (Å²) in [6, 6.07) is 7.48. The molecule has 1 aromatic carbocycles. The molecule has 1 aliphatic rings. The maximum Gasteiger partial charge on any atom is 0.319 e. The van der Waals surface area contributed by atoms with E-state index in [0.717, 1.165) is 17.7 Å². The second-order valence-corrected chi connectivity index (χ2v) is 8.30. The first-order valence-corrected chi connectivity index (χ1v) is 9.93. The van der Waals surface area contributed by atoms with E-state index in [1.54, 1.807) is 0 Å². The minimum Gasteiger partial charge on any atom is -0.369 e. The summed E-state index contributed by atoms with van der Waals surface area (Å²) < 4.78 is 0. The summed E-state index contributed by atoms with van der Waals surface area (Å²) in [5, 5.41) is 6.10. The molecule has 1 fully saturated rings. The van der Waals surface area contributed by atoms with Crippen LogP contribution in [0.3, 0.4) is 0 Å². The SMILES string of the molecule is CC(C)[C@@H]1CC[C@@H](C)C[C@@H]1NC(=O)Nc1ccccc1SCC(N)=O. The number of carbonyl (C=O) groups excluding carboxylic acids is 2. The van der Waals surface area contributed by atoms with Gasteiger partial charge in [0.1, 0.15) is 0 Å². The minimum absolute atomic E-state index is 0.183. The van der Waals surface area contributed by atoms with Gasteiger partial charge in [0.2, 0.25) is 5.91 Å². The third-order valence-corrected chi connectivity index (χ3v) is 5.94. The monoisotopic (exact) mass is 363 g/mol. The van der Waals surface area contributed by atoms with Gasteiger partial charge in [-0.3, -0.25) is 4.79 Å². The van der Waals surface area contributed by atoms with Crippen molar-refractivity contribution < 1.29 is 9.59 Å². The summed E-state index contributed by atoms with van der Waals surface area (Å²) in [5.41, 5.74) is 5.92. The van der Waals surface area contributed by atoms with Crippen molar-refractivity contribution in [3.05, 3.63) is 24.3 Å². The molecule has 0 spiro atoms. The fourth-order valence-electron chi connectivity index (χ4n) is 3.54. The van der Waals surface area contributed by atoms with Crippen LogP contribution < -0.4 is 16.4 Å². The highest BCUT2D eigenvalue weighted by atomic mass is 32.2. The number of urea groups is 1. The first-order chi connectivity index (χ1) is 11.9. The van der Waals surface area contributed by atoms with Crippen molar-refractivity contribution in [3.63, 3.8) is 0 Å². The average Bonchev–Trinajstić information content (AvgIpc) is 2.53. The molecule has 0 bridgehead atoms. The molecule has 0 aliphatic heterocycles.